The summed E-state index contributed by atoms with van der Waals surface area (Å²) in [7, 11) is 4.66. The number of aliphatic carboxylic acids is 1. The van der Waals surface area contributed by atoms with Crippen molar-refractivity contribution in [3.63, 3.8) is 0 Å². The van der Waals surface area contributed by atoms with Gasteiger partial charge in [0.1, 0.15) is 5.75 Å². The largest absolute Gasteiger partial charge is 0.497 e. The number of carbonyl (C=O) groups is 2. The number of methoxy groups -OCH3 is 3. The molecule has 0 spiro atoms. The number of hydrogen-bond donors (Lipinski definition) is 2. The van der Waals surface area contributed by atoms with Gasteiger partial charge in [0, 0.05) is 6.42 Å². The summed E-state index contributed by atoms with van der Waals surface area (Å²) in [4.78, 5) is 23.7. The van der Waals surface area contributed by atoms with Gasteiger partial charge >= 0.3 is 5.97 Å². The molecule has 0 aromatic heterocycles. The van der Waals surface area contributed by atoms with Gasteiger partial charge in [-0.1, -0.05) is 24.3 Å². The maximum Gasteiger partial charge on any atom is 0.305 e. The summed E-state index contributed by atoms with van der Waals surface area (Å²) < 4.78 is 15.8. The van der Waals surface area contributed by atoms with Crippen molar-refractivity contribution in [3.05, 3.63) is 53.6 Å². The van der Waals surface area contributed by atoms with Gasteiger partial charge in [-0.25, -0.2) is 0 Å². The maximum atomic E-state index is 12.5. The van der Waals surface area contributed by atoms with Crippen molar-refractivity contribution in [2.75, 3.05) is 21.3 Å². The minimum atomic E-state index is -0.990. The lowest BCUT2D eigenvalue weighted by atomic mass is 10.0. The monoisotopic (exact) mass is 387 g/mol. The van der Waals surface area contributed by atoms with Gasteiger partial charge in [0.15, 0.2) is 11.5 Å². The van der Waals surface area contributed by atoms with E-state index in [1.165, 1.54) is 0 Å². The Bertz CT molecular complexity index is 803. The van der Waals surface area contributed by atoms with Gasteiger partial charge in [-0.2, -0.15) is 0 Å². The van der Waals surface area contributed by atoms with Crippen LogP contribution in [0.2, 0.25) is 0 Å². The second-order valence-electron chi connectivity index (χ2n) is 6.14. The molecule has 0 bridgehead atoms. The smallest absolute Gasteiger partial charge is 0.305 e. The fourth-order valence-corrected chi connectivity index (χ4v) is 2.93. The van der Waals surface area contributed by atoms with E-state index in [0.717, 1.165) is 5.56 Å². The number of para-hydroxylation sites is 1. The van der Waals surface area contributed by atoms with Gasteiger partial charge in [-0.15, -0.1) is 0 Å². The van der Waals surface area contributed by atoms with Crippen LogP contribution in [0, 0.1) is 0 Å². The number of aryl methyl sites for hydroxylation is 1. The normalized spacial score (nSPS) is 11.4. The molecule has 0 saturated heterocycles. The molecule has 2 aromatic carbocycles. The zero-order valence-corrected chi connectivity index (χ0v) is 16.2. The van der Waals surface area contributed by atoms with Gasteiger partial charge in [0.25, 0.3) is 0 Å². The Hall–Kier alpha value is -3.22. The van der Waals surface area contributed by atoms with E-state index in [1.807, 2.05) is 12.1 Å². The van der Waals surface area contributed by atoms with Crippen LogP contribution in [0.15, 0.2) is 42.5 Å². The van der Waals surface area contributed by atoms with Crippen molar-refractivity contribution in [1.82, 2.24) is 5.32 Å². The average molecular weight is 387 g/mol. The number of carbonyl (C=O) groups excluding carboxylic acids is 1. The third-order valence-electron chi connectivity index (χ3n) is 4.34. The second kappa shape index (κ2) is 10.2. The topological polar surface area (TPSA) is 94.1 Å². The molecule has 28 heavy (non-hydrogen) atoms. The van der Waals surface area contributed by atoms with Crippen molar-refractivity contribution in [1.29, 1.82) is 0 Å². The lowest BCUT2D eigenvalue weighted by Gasteiger charge is -2.18. The van der Waals surface area contributed by atoms with Crippen LogP contribution in [-0.2, 0) is 16.0 Å². The molecule has 1 atom stereocenters. The van der Waals surface area contributed by atoms with Gasteiger partial charge < -0.3 is 24.6 Å². The molecule has 0 heterocycles. The molecule has 150 valence electrons. The molecule has 0 radical (unpaired) electrons. The lowest BCUT2D eigenvalue weighted by molar-refractivity contribution is -0.137. The molecule has 0 aliphatic heterocycles. The molecule has 0 saturated carbocycles. The molecule has 0 unspecified atom stereocenters. The van der Waals surface area contributed by atoms with E-state index in [-0.39, 0.29) is 18.7 Å². The Balaban J connectivity index is 2.06. The third-order valence-corrected chi connectivity index (χ3v) is 4.34. The molecule has 0 aliphatic rings. The predicted octanol–water partition coefficient (Wildman–Crippen LogP) is 2.98. The highest BCUT2D eigenvalue weighted by Crippen LogP contribution is 2.31. The van der Waals surface area contributed by atoms with Crippen LogP contribution in [0.4, 0.5) is 0 Å². The summed E-state index contributed by atoms with van der Waals surface area (Å²) in [5.74, 6) is 0.620. The maximum absolute atomic E-state index is 12.5. The van der Waals surface area contributed by atoms with Gasteiger partial charge in [0.05, 0.1) is 33.8 Å². The van der Waals surface area contributed by atoms with Crippen LogP contribution >= 0.6 is 0 Å². The van der Waals surface area contributed by atoms with Crippen LogP contribution in [0.25, 0.3) is 0 Å². The zero-order valence-electron chi connectivity index (χ0n) is 16.2. The number of ether oxygens (including phenoxy) is 3. The Kier molecular flexibility index (Phi) is 7.68. The first kappa shape index (κ1) is 21.1. The molecule has 1 amide bonds. The summed E-state index contributed by atoms with van der Waals surface area (Å²) in [5.41, 5.74) is 1.55. The van der Waals surface area contributed by atoms with E-state index in [9.17, 15) is 14.7 Å². The van der Waals surface area contributed by atoms with Gasteiger partial charge in [0.2, 0.25) is 5.91 Å². The van der Waals surface area contributed by atoms with E-state index >= 15 is 0 Å². The predicted molar refractivity (Wildman–Crippen MR) is 104 cm³/mol. The molecular formula is C21H25NO6. The van der Waals surface area contributed by atoms with E-state index in [0.29, 0.717) is 29.2 Å². The molecule has 7 nitrogen and oxygen atoms in total. The van der Waals surface area contributed by atoms with E-state index < -0.39 is 12.0 Å². The quantitative estimate of drug-likeness (QED) is 0.651. The summed E-state index contributed by atoms with van der Waals surface area (Å²) >= 11 is 0. The molecule has 0 fully saturated rings. The van der Waals surface area contributed by atoms with Crippen LogP contribution in [0.3, 0.4) is 0 Å². The number of carboxylic acid groups (broad SMARTS) is 1. The van der Waals surface area contributed by atoms with Crippen LogP contribution in [0.1, 0.15) is 30.0 Å². The number of amides is 1. The minimum Gasteiger partial charge on any atom is -0.497 e. The zero-order chi connectivity index (χ0) is 20.5. The summed E-state index contributed by atoms with van der Waals surface area (Å²) in [6.07, 6.45) is 0.422. The Morgan fingerprint density at radius 2 is 1.71 bits per heavy atom. The molecule has 2 N–H and O–H groups in total. The van der Waals surface area contributed by atoms with Gasteiger partial charge in [-0.3, -0.25) is 9.59 Å². The average Bonchev–Trinajstić information content (AvgIpc) is 2.71. The molecule has 2 rings (SSSR count). The first-order valence-corrected chi connectivity index (χ1v) is 8.83. The van der Waals surface area contributed by atoms with E-state index in [1.54, 1.807) is 51.7 Å². The molecule has 2 aromatic rings. The SMILES string of the molecule is COc1ccc([C@@H](CC(=O)O)NC(=O)CCc2cccc(OC)c2OC)cc1. The number of carboxylic acids is 1. The lowest BCUT2D eigenvalue weighted by Crippen LogP contribution is -2.30. The summed E-state index contributed by atoms with van der Waals surface area (Å²) in [6.45, 7) is 0. The van der Waals surface area contributed by atoms with Crippen LogP contribution < -0.4 is 19.5 Å². The number of benzene rings is 2. The molecule has 0 aliphatic carbocycles. The Morgan fingerprint density at radius 1 is 1.00 bits per heavy atom. The minimum absolute atomic E-state index is 0.190. The third kappa shape index (κ3) is 5.64. The van der Waals surface area contributed by atoms with Crippen molar-refractivity contribution < 1.29 is 28.9 Å². The van der Waals surface area contributed by atoms with Crippen molar-refractivity contribution >= 4 is 11.9 Å². The molecule has 7 heteroatoms. The fourth-order valence-electron chi connectivity index (χ4n) is 2.93. The number of hydrogen-bond acceptors (Lipinski definition) is 5. The summed E-state index contributed by atoms with van der Waals surface area (Å²) in [6, 6.07) is 11.8. The van der Waals surface area contributed by atoms with Crippen molar-refractivity contribution in [2.45, 2.75) is 25.3 Å². The Morgan fingerprint density at radius 3 is 2.29 bits per heavy atom. The highest BCUT2D eigenvalue weighted by molar-refractivity contribution is 5.78. The van der Waals surface area contributed by atoms with E-state index in [2.05, 4.69) is 5.32 Å². The van der Waals surface area contributed by atoms with E-state index in [4.69, 9.17) is 14.2 Å². The van der Waals surface area contributed by atoms with Crippen molar-refractivity contribution in [3.8, 4) is 17.2 Å². The summed E-state index contributed by atoms with van der Waals surface area (Å²) in [5, 5.41) is 12.0. The molecular weight excluding hydrogens is 362 g/mol. The van der Waals surface area contributed by atoms with Crippen molar-refractivity contribution in [2.24, 2.45) is 0 Å². The highest BCUT2D eigenvalue weighted by atomic mass is 16.5. The first-order chi connectivity index (χ1) is 13.5. The van der Waals surface area contributed by atoms with Gasteiger partial charge in [-0.05, 0) is 35.7 Å². The highest BCUT2D eigenvalue weighted by Gasteiger charge is 2.19. The second-order valence-corrected chi connectivity index (χ2v) is 6.14. The Labute approximate surface area is 164 Å². The standard InChI is InChI=1S/C21H25NO6/c1-26-16-10-7-14(8-11-16)17(13-20(24)25)22-19(23)12-9-15-5-4-6-18(27-2)21(15)28-3/h4-8,10-11,17H,9,12-13H2,1-3H3,(H,22,23)(H,24,25)/t17-/m1/s1. The van der Waals surface area contributed by atoms with Crippen LogP contribution in [-0.4, -0.2) is 38.3 Å². The fraction of sp³-hybridized carbons (Fsp3) is 0.333. The number of rotatable bonds is 10. The van der Waals surface area contributed by atoms with Crippen LogP contribution in [0.5, 0.6) is 17.2 Å². The first-order valence-electron chi connectivity index (χ1n) is 8.83. The number of nitrogens with one attached hydrogen (secondary N) is 1.